The molecule has 1 unspecified atom stereocenters. The fourth-order valence-corrected chi connectivity index (χ4v) is 1.90. The average Bonchev–Trinajstić information content (AvgIpc) is 2.95. The van der Waals surface area contributed by atoms with E-state index >= 15 is 0 Å². The van der Waals surface area contributed by atoms with Crippen molar-refractivity contribution >= 4 is 0 Å². The summed E-state index contributed by atoms with van der Waals surface area (Å²) in [5, 5.41) is 6.84. The lowest BCUT2D eigenvalue weighted by molar-refractivity contribution is 0.0734. The number of nitrogens with one attached hydrogen (secondary N) is 1. The van der Waals surface area contributed by atoms with Crippen molar-refractivity contribution in [3.63, 3.8) is 0 Å². The highest BCUT2D eigenvalue weighted by Gasteiger charge is 2.22. The molecule has 0 aliphatic carbocycles. The molecule has 0 amide bonds. The number of hydrogen-bond acceptors (Lipinski definition) is 5. The van der Waals surface area contributed by atoms with Crippen LogP contribution in [-0.4, -0.2) is 29.9 Å². The third-order valence-electron chi connectivity index (χ3n) is 2.91. The van der Waals surface area contributed by atoms with E-state index < -0.39 is 17.5 Å². The van der Waals surface area contributed by atoms with E-state index in [2.05, 4.69) is 15.5 Å². The summed E-state index contributed by atoms with van der Waals surface area (Å²) >= 11 is 0. The Kier molecular flexibility index (Phi) is 3.41. The Morgan fingerprint density at radius 2 is 1.95 bits per heavy atom. The van der Waals surface area contributed by atoms with Crippen molar-refractivity contribution in [1.82, 2.24) is 15.5 Å². The first-order valence-corrected chi connectivity index (χ1v) is 5.95. The Labute approximate surface area is 111 Å². The van der Waals surface area contributed by atoms with Crippen LogP contribution in [-0.2, 0) is 4.74 Å². The Bertz CT molecular complexity index is 603. The molecule has 0 bridgehead atoms. The van der Waals surface area contributed by atoms with Crippen molar-refractivity contribution in [3.8, 4) is 11.5 Å². The van der Waals surface area contributed by atoms with Crippen molar-refractivity contribution in [2.45, 2.75) is 6.04 Å². The summed E-state index contributed by atoms with van der Waals surface area (Å²) in [6.07, 6.45) is 0. The highest BCUT2D eigenvalue weighted by atomic mass is 19.2. The van der Waals surface area contributed by atoms with E-state index in [1.807, 2.05) is 0 Å². The van der Waals surface area contributed by atoms with Crippen LogP contribution < -0.4 is 5.32 Å². The molecule has 1 aromatic carbocycles. The van der Waals surface area contributed by atoms with Crippen molar-refractivity contribution in [1.29, 1.82) is 0 Å². The molecule has 1 aromatic heterocycles. The van der Waals surface area contributed by atoms with Crippen LogP contribution in [0.25, 0.3) is 11.5 Å². The minimum atomic E-state index is -1.53. The fraction of sp³-hybridized carbons (Fsp3) is 0.333. The van der Waals surface area contributed by atoms with E-state index in [0.29, 0.717) is 25.6 Å². The van der Waals surface area contributed by atoms with Gasteiger partial charge in [0.15, 0.2) is 23.3 Å². The molecule has 0 saturated carbocycles. The van der Waals surface area contributed by atoms with Gasteiger partial charge in [-0.25, -0.2) is 13.2 Å². The number of nitrogens with zero attached hydrogens (tertiary/aromatic N) is 2. The molecule has 1 N–H and O–H groups in total. The number of aromatic nitrogens is 2. The van der Waals surface area contributed by atoms with Crippen molar-refractivity contribution in [3.05, 3.63) is 35.4 Å². The number of morpholine rings is 1. The van der Waals surface area contributed by atoms with Crippen LogP contribution in [0.4, 0.5) is 13.2 Å². The molecule has 5 nitrogen and oxygen atoms in total. The first-order chi connectivity index (χ1) is 9.65. The summed E-state index contributed by atoms with van der Waals surface area (Å²) in [4.78, 5) is 4.04. The number of benzene rings is 1. The predicted molar refractivity (Wildman–Crippen MR) is 61.2 cm³/mol. The number of hydrogen-bond donors (Lipinski definition) is 1. The van der Waals surface area contributed by atoms with Gasteiger partial charge in [0.1, 0.15) is 0 Å². The van der Waals surface area contributed by atoms with E-state index in [4.69, 9.17) is 9.26 Å². The van der Waals surface area contributed by atoms with Crippen LogP contribution in [0, 0.1) is 17.5 Å². The molecule has 3 rings (SSSR count). The summed E-state index contributed by atoms with van der Waals surface area (Å²) in [6.45, 7) is 1.62. The number of rotatable bonds is 2. The SMILES string of the molecule is Fc1cc(-c2nc(C3COCCN3)no2)cc(F)c1F. The summed E-state index contributed by atoms with van der Waals surface area (Å²) in [5.41, 5.74) is -0.0168. The summed E-state index contributed by atoms with van der Waals surface area (Å²) in [7, 11) is 0. The first-order valence-electron chi connectivity index (χ1n) is 5.95. The molecular formula is C12H10F3N3O2. The molecule has 2 aromatic rings. The zero-order valence-electron chi connectivity index (χ0n) is 10.2. The smallest absolute Gasteiger partial charge is 0.258 e. The lowest BCUT2D eigenvalue weighted by Crippen LogP contribution is -2.35. The van der Waals surface area contributed by atoms with E-state index in [1.54, 1.807) is 0 Å². The molecule has 1 aliphatic rings. The Morgan fingerprint density at radius 3 is 2.60 bits per heavy atom. The van der Waals surface area contributed by atoms with Gasteiger partial charge in [0.05, 0.1) is 19.3 Å². The van der Waals surface area contributed by atoms with Crippen molar-refractivity contribution in [2.24, 2.45) is 0 Å². The molecular weight excluding hydrogens is 275 g/mol. The maximum atomic E-state index is 13.1. The van der Waals surface area contributed by atoms with Gasteiger partial charge in [-0.1, -0.05) is 5.16 Å². The van der Waals surface area contributed by atoms with Crippen LogP contribution >= 0.6 is 0 Å². The average molecular weight is 285 g/mol. The van der Waals surface area contributed by atoms with Crippen LogP contribution in [0.15, 0.2) is 16.7 Å². The highest BCUT2D eigenvalue weighted by molar-refractivity contribution is 5.53. The van der Waals surface area contributed by atoms with Gasteiger partial charge in [-0.15, -0.1) is 0 Å². The molecule has 8 heteroatoms. The van der Waals surface area contributed by atoms with Gasteiger partial charge in [0.25, 0.3) is 5.89 Å². The van der Waals surface area contributed by atoms with Gasteiger partial charge in [-0.2, -0.15) is 4.98 Å². The van der Waals surface area contributed by atoms with E-state index in [-0.39, 0.29) is 17.5 Å². The van der Waals surface area contributed by atoms with Gasteiger partial charge >= 0.3 is 0 Å². The predicted octanol–water partition coefficient (Wildman–Crippen LogP) is 1.81. The Morgan fingerprint density at radius 1 is 1.20 bits per heavy atom. The molecule has 0 spiro atoms. The van der Waals surface area contributed by atoms with Gasteiger partial charge in [0, 0.05) is 12.1 Å². The van der Waals surface area contributed by atoms with Crippen LogP contribution in [0.1, 0.15) is 11.9 Å². The minimum Gasteiger partial charge on any atom is -0.378 e. The van der Waals surface area contributed by atoms with Crippen LogP contribution in [0.5, 0.6) is 0 Å². The minimum absolute atomic E-state index is 0.0168. The number of halogens is 3. The first kappa shape index (κ1) is 13.1. The second kappa shape index (κ2) is 5.22. The molecule has 0 radical (unpaired) electrons. The topological polar surface area (TPSA) is 60.2 Å². The van der Waals surface area contributed by atoms with Crippen molar-refractivity contribution in [2.75, 3.05) is 19.8 Å². The van der Waals surface area contributed by atoms with Gasteiger partial charge < -0.3 is 14.6 Å². The summed E-state index contributed by atoms with van der Waals surface area (Å²) in [6, 6.07) is 1.37. The monoisotopic (exact) mass is 285 g/mol. The van der Waals surface area contributed by atoms with E-state index in [0.717, 1.165) is 12.1 Å². The highest BCUT2D eigenvalue weighted by Crippen LogP contribution is 2.24. The third kappa shape index (κ3) is 2.39. The zero-order chi connectivity index (χ0) is 14.1. The Hall–Kier alpha value is -1.93. The van der Waals surface area contributed by atoms with Gasteiger partial charge in [0.2, 0.25) is 0 Å². The van der Waals surface area contributed by atoms with Crippen molar-refractivity contribution < 1.29 is 22.4 Å². The standard InChI is InChI=1S/C12H10F3N3O2/c13-7-3-6(4-8(14)10(7)15)12-17-11(18-20-12)9-5-19-2-1-16-9/h3-4,9,16H,1-2,5H2. The molecule has 20 heavy (non-hydrogen) atoms. The van der Waals surface area contributed by atoms with E-state index in [9.17, 15) is 13.2 Å². The Balaban J connectivity index is 1.89. The lowest BCUT2D eigenvalue weighted by Gasteiger charge is -2.20. The summed E-state index contributed by atoms with van der Waals surface area (Å²) < 4.78 is 49.4. The number of ether oxygens (including phenoxy) is 1. The van der Waals surface area contributed by atoms with Crippen LogP contribution in [0.3, 0.4) is 0 Å². The summed E-state index contributed by atoms with van der Waals surface area (Å²) in [5.74, 6) is -3.90. The molecule has 2 heterocycles. The van der Waals surface area contributed by atoms with Gasteiger partial charge in [-0.05, 0) is 12.1 Å². The molecule has 1 aliphatic heterocycles. The largest absolute Gasteiger partial charge is 0.378 e. The second-order valence-corrected chi connectivity index (χ2v) is 4.29. The quantitative estimate of drug-likeness (QED) is 0.853. The van der Waals surface area contributed by atoms with E-state index in [1.165, 1.54) is 0 Å². The maximum Gasteiger partial charge on any atom is 0.258 e. The molecule has 1 fully saturated rings. The second-order valence-electron chi connectivity index (χ2n) is 4.29. The molecule has 1 saturated heterocycles. The van der Waals surface area contributed by atoms with Gasteiger partial charge in [-0.3, -0.25) is 0 Å². The fourth-order valence-electron chi connectivity index (χ4n) is 1.90. The van der Waals surface area contributed by atoms with Crippen LogP contribution in [0.2, 0.25) is 0 Å². The third-order valence-corrected chi connectivity index (χ3v) is 2.91. The normalized spacial score (nSPS) is 19.2. The molecule has 1 atom stereocenters. The maximum absolute atomic E-state index is 13.1. The molecule has 106 valence electrons. The lowest BCUT2D eigenvalue weighted by atomic mass is 10.2. The zero-order valence-corrected chi connectivity index (χ0v) is 10.2.